The summed E-state index contributed by atoms with van der Waals surface area (Å²) < 4.78 is 0. The van der Waals surface area contributed by atoms with Crippen LogP contribution in [0, 0.1) is 11.8 Å². The molecule has 0 N–H and O–H groups in total. The first-order valence-corrected chi connectivity index (χ1v) is 10.6. The zero-order valence-corrected chi connectivity index (χ0v) is 16.9. The van der Waals surface area contributed by atoms with Gasteiger partial charge in [0.2, 0.25) is 0 Å². The van der Waals surface area contributed by atoms with Crippen molar-refractivity contribution in [2.24, 2.45) is 11.8 Å². The van der Waals surface area contributed by atoms with Crippen molar-refractivity contribution in [3.63, 3.8) is 0 Å². The van der Waals surface area contributed by atoms with Crippen molar-refractivity contribution in [1.29, 1.82) is 0 Å². The van der Waals surface area contributed by atoms with E-state index in [4.69, 9.17) is 0 Å². The Balaban J connectivity index is 1.46. The Morgan fingerprint density at radius 3 is 2.17 bits per heavy atom. The van der Waals surface area contributed by atoms with Crippen molar-refractivity contribution in [3.8, 4) is 0 Å². The zero-order chi connectivity index (χ0) is 17.3. The Kier molecular flexibility index (Phi) is 5.94. The lowest BCUT2D eigenvalue weighted by atomic mass is 9.79. The van der Waals surface area contributed by atoms with E-state index in [0.717, 1.165) is 17.9 Å². The van der Waals surface area contributed by atoms with E-state index in [-0.39, 0.29) is 0 Å². The first kappa shape index (κ1) is 18.7. The third kappa shape index (κ3) is 3.99. The van der Waals surface area contributed by atoms with E-state index in [1.165, 1.54) is 71.4 Å². The molecule has 3 aliphatic heterocycles. The molecular weight excluding hydrogens is 294 g/mol. The van der Waals surface area contributed by atoms with Crippen LogP contribution in [0.4, 0.5) is 0 Å². The minimum absolute atomic E-state index is 0.383. The Morgan fingerprint density at radius 2 is 1.54 bits per heavy atom. The Hall–Kier alpha value is -0.120. The van der Waals surface area contributed by atoms with Crippen molar-refractivity contribution in [3.05, 3.63) is 0 Å². The van der Waals surface area contributed by atoms with E-state index < -0.39 is 0 Å². The van der Waals surface area contributed by atoms with Gasteiger partial charge in [-0.2, -0.15) is 0 Å². The highest BCUT2D eigenvalue weighted by atomic mass is 15.3. The van der Waals surface area contributed by atoms with Gasteiger partial charge in [-0.15, -0.1) is 0 Å². The van der Waals surface area contributed by atoms with Gasteiger partial charge in [0.05, 0.1) is 0 Å². The molecule has 3 aliphatic rings. The third-order valence-electron chi connectivity index (χ3n) is 7.43. The van der Waals surface area contributed by atoms with Crippen LogP contribution in [0.3, 0.4) is 0 Å². The van der Waals surface area contributed by atoms with E-state index in [2.05, 4.69) is 49.3 Å². The monoisotopic (exact) mass is 335 g/mol. The molecule has 0 bridgehead atoms. The van der Waals surface area contributed by atoms with Crippen LogP contribution in [0.25, 0.3) is 0 Å². The molecule has 0 aromatic heterocycles. The predicted molar refractivity (Wildman–Crippen MR) is 103 cm³/mol. The summed E-state index contributed by atoms with van der Waals surface area (Å²) in [5, 5.41) is 0. The van der Waals surface area contributed by atoms with Gasteiger partial charge in [-0.3, -0.25) is 4.90 Å². The maximum atomic E-state index is 2.82. The molecule has 0 aromatic carbocycles. The number of nitrogens with zero attached hydrogens (tertiary/aromatic N) is 3. The highest BCUT2D eigenvalue weighted by Gasteiger charge is 2.45. The average molecular weight is 336 g/mol. The zero-order valence-electron chi connectivity index (χ0n) is 16.9. The van der Waals surface area contributed by atoms with Gasteiger partial charge in [-0.05, 0) is 85.9 Å². The summed E-state index contributed by atoms with van der Waals surface area (Å²) in [7, 11) is 0. The standard InChI is InChI=1S/C21H41N3/c1-17(2)23-15-20(16-23)21(4,5)24-12-9-19(14-24)13-18(3)22-10-7-6-8-11-22/h17-20H,6-16H2,1-5H3. The van der Waals surface area contributed by atoms with Crippen LogP contribution in [0.15, 0.2) is 0 Å². The molecule has 0 radical (unpaired) electrons. The van der Waals surface area contributed by atoms with Gasteiger partial charge in [0.15, 0.2) is 0 Å². The number of hydrogen-bond donors (Lipinski definition) is 0. The third-order valence-corrected chi connectivity index (χ3v) is 7.43. The molecule has 3 nitrogen and oxygen atoms in total. The molecule has 0 spiro atoms. The van der Waals surface area contributed by atoms with E-state index in [1.54, 1.807) is 0 Å². The van der Waals surface area contributed by atoms with Crippen LogP contribution >= 0.6 is 0 Å². The maximum Gasteiger partial charge on any atom is 0.0205 e. The molecule has 2 unspecified atom stereocenters. The van der Waals surface area contributed by atoms with Crippen molar-refractivity contribution < 1.29 is 0 Å². The van der Waals surface area contributed by atoms with Gasteiger partial charge in [-0.25, -0.2) is 0 Å². The van der Waals surface area contributed by atoms with E-state index in [1.807, 2.05) is 0 Å². The van der Waals surface area contributed by atoms with Gasteiger partial charge in [0.1, 0.15) is 0 Å². The summed E-state index contributed by atoms with van der Waals surface area (Å²) in [5.41, 5.74) is 0.383. The van der Waals surface area contributed by atoms with Crippen molar-refractivity contribution in [1.82, 2.24) is 14.7 Å². The number of piperidine rings is 1. The topological polar surface area (TPSA) is 9.72 Å². The highest BCUT2D eigenvalue weighted by molar-refractivity contribution is 5.00. The van der Waals surface area contributed by atoms with Gasteiger partial charge in [0, 0.05) is 43.2 Å². The van der Waals surface area contributed by atoms with Crippen LogP contribution in [-0.2, 0) is 0 Å². The maximum absolute atomic E-state index is 2.82. The summed E-state index contributed by atoms with van der Waals surface area (Å²) in [6.45, 7) is 20.1. The molecular formula is C21H41N3. The van der Waals surface area contributed by atoms with E-state index in [0.29, 0.717) is 11.6 Å². The minimum atomic E-state index is 0.383. The van der Waals surface area contributed by atoms with Crippen LogP contribution in [-0.4, -0.2) is 71.6 Å². The molecule has 3 saturated heterocycles. The predicted octanol–water partition coefficient (Wildman–Crippen LogP) is 3.69. The Bertz CT molecular complexity index is 394. The summed E-state index contributed by atoms with van der Waals surface area (Å²) in [5.74, 6) is 1.78. The summed E-state index contributed by atoms with van der Waals surface area (Å²) in [6, 6.07) is 1.51. The molecule has 0 amide bonds. The molecule has 0 aliphatic carbocycles. The van der Waals surface area contributed by atoms with E-state index >= 15 is 0 Å². The second-order valence-corrected chi connectivity index (χ2v) is 9.68. The quantitative estimate of drug-likeness (QED) is 0.733. The lowest BCUT2D eigenvalue weighted by Crippen LogP contribution is -2.62. The van der Waals surface area contributed by atoms with Gasteiger partial charge < -0.3 is 9.80 Å². The molecule has 0 aromatic rings. The fourth-order valence-corrected chi connectivity index (χ4v) is 5.18. The Labute approximate surface area is 150 Å². The second kappa shape index (κ2) is 7.63. The number of likely N-dealkylation sites (tertiary alicyclic amines) is 3. The van der Waals surface area contributed by atoms with Gasteiger partial charge >= 0.3 is 0 Å². The fraction of sp³-hybridized carbons (Fsp3) is 1.00. The minimum Gasteiger partial charge on any atom is -0.301 e. The van der Waals surface area contributed by atoms with Crippen LogP contribution in [0.2, 0.25) is 0 Å². The first-order chi connectivity index (χ1) is 11.4. The smallest absolute Gasteiger partial charge is 0.0205 e. The molecule has 2 atom stereocenters. The van der Waals surface area contributed by atoms with Gasteiger partial charge in [-0.1, -0.05) is 6.42 Å². The molecule has 0 saturated carbocycles. The SMILES string of the molecule is CC(C)N1CC(C(C)(C)N2CCC(CC(C)N3CCCCC3)C2)C1. The van der Waals surface area contributed by atoms with Crippen molar-refractivity contribution in [2.75, 3.05) is 39.3 Å². The van der Waals surface area contributed by atoms with Crippen LogP contribution < -0.4 is 0 Å². The summed E-state index contributed by atoms with van der Waals surface area (Å²) in [6.07, 6.45) is 7.12. The number of hydrogen-bond acceptors (Lipinski definition) is 3. The lowest BCUT2D eigenvalue weighted by Gasteiger charge is -2.53. The lowest BCUT2D eigenvalue weighted by molar-refractivity contribution is -0.0341. The first-order valence-electron chi connectivity index (χ1n) is 10.6. The van der Waals surface area contributed by atoms with Crippen LogP contribution in [0.1, 0.15) is 66.7 Å². The Morgan fingerprint density at radius 1 is 0.875 bits per heavy atom. The molecule has 24 heavy (non-hydrogen) atoms. The highest BCUT2D eigenvalue weighted by Crippen LogP contribution is 2.37. The molecule has 3 rings (SSSR count). The van der Waals surface area contributed by atoms with E-state index in [9.17, 15) is 0 Å². The molecule has 3 fully saturated rings. The molecule has 3 heteroatoms. The average Bonchev–Trinajstić information content (AvgIpc) is 2.95. The van der Waals surface area contributed by atoms with Crippen molar-refractivity contribution in [2.45, 2.75) is 84.3 Å². The normalized spacial score (nSPS) is 30.0. The molecule has 140 valence electrons. The van der Waals surface area contributed by atoms with Crippen molar-refractivity contribution >= 4 is 0 Å². The summed E-state index contributed by atoms with van der Waals surface area (Å²) in [4.78, 5) is 8.20. The fourth-order valence-electron chi connectivity index (χ4n) is 5.18. The summed E-state index contributed by atoms with van der Waals surface area (Å²) >= 11 is 0. The number of rotatable bonds is 6. The largest absolute Gasteiger partial charge is 0.301 e. The second-order valence-electron chi connectivity index (χ2n) is 9.68. The molecule has 3 heterocycles. The van der Waals surface area contributed by atoms with Gasteiger partial charge in [0.25, 0.3) is 0 Å². The van der Waals surface area contributed by atoms with Crippen LogP contribution in [0.5, 0.6) is 0 Å².